The van der Waals surface area contributed by atoms with Crippen molar-refractivity contribution in [1.82, 2.24) is 13.9 Å². The summed E-state index contributed by atoms with van der Waals surface area (Å²) in [6, 6.07) is 0. The molecule has 23 heavy (non-hydrogen) atoms. The molecule has 0 aliphatic carbocycles. The quantitative estimate of drug-likeness (QED) is 0.627. The lowest BCUT2D eigenvalue weighted by Crippen LogP contribution is -3.06. The van der Waals surface area contributed by atoms with Gasteiger partial charge >= 0.3 is 0 Å². The summed E-state index contributed by atoms with van der Waals surface area (Å²) in [6.45, 7) is 3.75. The van der Waals surface area contributed by atoms with Crippen LogP contribution in [0.5, 0.6) is 0 Å². The van der Waals surface area contributed by atoms with E-state index in [1.807, 2.05) is 0 Å². The fourth-order valence-electron chi connectivity index (χ4n) is 3.19. The lowest BCUT2D eigenvalue weighted by Gasteiger charge is -2.35. The predicted molar refractivity (Wildman–Crippen MR) is 89.3 cm³/mol. The number of likely N-dealkylation sites (N-methyl/N-ethyl adjacent to an activating group) is 1. The molecule has 2 N–H and O–H groups in total. The smallest absolute Gasteiger partial charge is 0.281 e. The average molecular weight is 348 g/mol. The molecule has 0 saturated carbocycles. The summed E-state index contributed by atoms with van der Waals surface area (Å²) < 4.78 is 28.4. The number of rotatable bonds is 6. The predicted octanol–water partition coefficient (Wildman–Crippen LogP) is -1.31. The second-order valence-corrected chi connectivity index (χ2v) is 8.82. The molecule has 2 rings (SSSR count). The molecule has 0 spiro atoms. The molecule has 0 radical (unpaired) electrons. The van der Waals surface area contributed by atoms with Crippen molar-refractivity contribution in [3.8, 4) is 0 Å². The van der Waals surface area contributed by atoms with Crippen molar-refractivity contribution >= 4 is 16.1 Å². The van der Waals surface area contributed by atoms with Gasteiger partial charge in [-0.15, -0.1) is 0 Å². The Hall–Kier alpha value is -0.700. The highest BCUT2D eigenvalue weighted by Crippen LogP contribution is 2.23. The van der Waals surface area contributed by atoms with Crippen LogP contribution in [0.2, 0.25) is 0 Å². The molecule has 8 heteroatoms. The Morgan fingerprint density at radius 2 is 1.61 bits per heavy atom. The average Bonchev–Trinajstić information content (AvgIpc) is 2.55. The van der Waals surface area contributed by atoms with Crippen LogP contribution in [0.4, 0.5) is 0 Å². The Bertz CT molecular complexity index is 481. The van der Waals surface area contributed by atoms with E-state index in [1.54, 1.807) is 8.61 Å². The second-order valence-electron chi connectivity index (χ2n) is 6.89. The van der Waals surface area contributed by atoms with Gasteiger partial charge in [0.25, 0.3) is 10.2 Å². The van der Waals surface area contributed by atoms with Crippen molar-refractivity contribution in [2.75, 3.05) is 53.4 Å². The minimum atomic E-state index is -3.33. The zero-order chi connectivity index (χ0) is 16.9. The Morgan fingerprint density at radius 3 is 2.17 bits per heavy atom. The third-order valence-corrected chi connectivity index (χ3v) is 6.75. The van der Waals surface area contributed by atoms with Gasteiger partial charge in [0.2, 0.25) is 5.91 Å². The largest absolute Gasteiger partial charge is 0.350 e. The van der Waals surface area contributed by atoms with E-state index in [0.29, 0.717) is 45.6 Å². The molecular formula is C15H31N4O3S+. The molecule has 2 aliphatic rings. The van der Waals surface area contributed by atoms with Crippen molar-refractivity contribution < 1.29 is 18.1 Å². The van der Waals surface area contributed by atoms with Crippen LogP contribution in [0.3, 0.4) is 0 Å². The van der Waals surface area contributed by atoms with Gasteiger partial charge in [0.05, 0.1) is 27.2 Å². The Kier molecular flexibility index (Phi) is 6.82. The van der Waals surface area contributed by atoms with Crippen molar-refractivity contribution in [3.05, 3.63) is 0 Å². The lowest BCUT2D eigenvalue weighted by molar-refractivity contribution is -0.856. The van der Waals surface area contributed by atoms with Gasteiger partial charge in [0.1, 0.15) is 0 Å². The maximum absolute atomic E-state index is 12.6. The molecule has 1 amide bonds. The topological polar surface area (TPSA) is 74.2 Å². The maximum Gasteiger partial charge on any atom is 0.281 e. The number of carbonyl (C=O) groups is 1. The highest BCUT2D eigenvalue weighted by atomic mass is 32.2. The monoisotopic (exact) mass is 347 g/mol. The highest BCUT2D eigenvalue weighted by molar-refractivity contribution is 7.86. The SMILES string of the molecule is C[NH+](C)CCNC(=O)C1CCN(S(=O)(=O)N2CCCCC2)CC1. The number of nitrogens with zero attached hydrogens (tertiary/aromatic N) is 2. The van der Waals surface area contributed by atoms with Crippen LogP contribution in [0.15, 0.2) is 0 Å². The fourth-order valence-corrected chi connectivity index (χ4v) is 4.91. The van der Waals surface area contributed by atoms with Crippen LogP contribution in [-0.4, -0.2) is 76.3 Å². The fraction of sp³-hybridized carbons (Fsp3) is 0.933. The first kappa shape index (κ1) is 18.6. The van der Waals surface area contributed by atoms with E-state index in [2.05, 4.69) is 19.4 Å². The number of nitrogens with one attached hydrogen (secondary N) is 2. The molecule has 0 unspecified atom stereocenters. The van der Waals surface area contributed by atoms with Crippen molar-refractivity contribution in [2.45, 2.75) is 32.1 Å². The van der Waals surface area contributed by atoms with E-state index in [4.69, 9.17) is 0 Å². The Labute approximate surface area is 140 Å². The van der Waals surface area contributed by atoms with Crippen LogP contribution in [0.1, 0.15) is 32.1 Å². The molecule has 0 aromatic heterocycles. The number of quaternary nitrogens is 1. The molecule has 2 heterocycles. The number of amides is 1. The van der Waals surface area contributed by atoms with E-state index in [9.17, 15) is 13.2 Å². The molecule has 0 bridgehead atoms. The van der Waals surface area contributed by atoms with Crippen molar-refractivity contribution in [1.29, 1.82) is 0 Å². The summed E-state index contributed by atoms with van der Waals surface area (Å²) in [6.07, 6.45) is 4.25. The molecule has 7 nitrogen and oxygen atoms in total. The normalized spacial score (nSPS) is 22.4. The highest BCUT2D eigenvalue weighted by Gasteiger charge is 2.35. The molecule has 2 saturated heterocycles. The van der Waals surface area contributed by atoms with Crippen LogP contribution in [-0.2, 0) is 15.0 Å². The molecule has 2 fully saturated rings. The zero-order valence-electron chi connectivity index (χ0n) is 14.4. The molecule has 134 valence electrons. The van der Waals surface area contributed by atoms with Crippen molar-refractivity contribution in [3.63, 3.8) is 0 Å². The molecular weight excluding hydrogens is 316 g/mol. The van der Waals surface area contributed by atoms with E-state index in [1.165, 1.54) is 4.90 Å². The van der Waals surface area contributed by atoms with Crippen molar-refractivity contribution in [2.24, 2.45) is 5.92 Å². The minimum absolute atomic E-state index is 0.0556. The van der Waals surface area contributed by atoms with E-state index < -0.39 is 10.2 Å². The van der Waals surface area contributed by atoms with Crippen LogP contribution in [0, 0.1) is 5.92 Å². The maximum atomic E-state index is 12.6. The molecule has 0 aromatic rings. The number of piperidine rings is 2. The second kappa shape index (κ2) is 8.41. The van der Waals surface area contributed by atoms with E-state index in [-0.39, 0.29) is 11.8 Å². The zero-order valence-corrected chi connectivity index (χ0v) is 15.2. The standard InChI is InChI=1S/C15H30N4O3S/c1-17(2)13-8-16-15(20)14-6-11-19(12-7-14)23(21,22)18-9-4-3-5-10-18/h14H,3-13H2,1-2H3,(H,16,20)/p+1. The summed E-state index contributed by atoms with van der Waals surface area (Å²) in [5.74, 6) is 0.0150. The molecule has 2 aliphatic heterocycles. The van der Waals surface area contributed by atoms with Gasteiger partial charge in [-0.05, 0) is 25.7 Å². The van der Waals surface area contributed by atoms with Gasteiger partial charge in [-0.2, -0.15) is 17.0 Å². The summed E-state index contributed by atoms with van der Waals surface area (Å²) in [5.41, 5.74) is 0. The van der Waals surface area contributed by atoms with Gasteiger partial charge in [0, 0.05) is 32.1 Å². The van der Waals surface area contributed by atoms with E-state index >= 15 is 0 Å². The third kappa shape index (κ3) is 5.14. The summed E-state index contributed by atoms with van der Waals surface area (Å²) in [4.78, 5) is 13.4. The third-order valence-electron chi connectivity index (χ3n) is 4.72. The van der Waals surface area contributed by atoms with Crippen LogP contribution in [0.25, 0.3) is 0 Å². The minimum Gasteiger partial charge on any atom is -0.350 e. The van der Waals surface area contributed by atoms with Crippen LogP contribution < -0.4 is 10.2 Å². The van der Waals surface area contributed by atoms with Gasteiger partial charge in [0.15, 0.2) is 0 Å². The van der Waals surface area contributed by atoms with Gasteiger partial charge in [-0.3, -0.25) is 4.79 Å². The lowest BCUT2D eigenvalue weighted by atomic mass is 9.97. The van der Waals surface area contributed by atoms with Gasteiger partial charge in [-0.1, -0.05) is 6.42 Å². The van der Waals surface area contributed by atoms with Crippen LogP contribution >= 0.6 is 0 Å². The summed E-state index contributed by atoms with van der Waals surface area (Å²) >= 11 is 0. The summed E-state index contributed by atoms with van der Waals surface area (Å²) in [7, 11) is 0.773. The Balaban J connectivity index is 1.79. The number of carbonyl (C=O) groups excluding carboxylic acids is 1. The first-order valence-electron chi connectivity index (χ1n) is 8.73. The Morgan fingerprint density at radius 1 is 1.04 bits per heavy atom. The van der Waals surface area contributed by atoms with E-state index in [0.717, 1.165) is 25.8 Å². The first-order chi connectivity index (χ1) is 10.9. The number of hydrogen-bond acceptors (Lipinski definition) is 3. The first-order valence-corrected chi connectivity index (χ1v) is 10.1. The molecule has 0 aromatic carbocycles. The number of hydrogen-bond donors (Lipinski definition) is 2. The summed E-state index contributed by atoms with van der Waals surface area (Å²) in [5, 5.41) is 2.96. The molecule has 0 atom stereocenters. The van der Waals surface area contributed by atoms with Gasteiger partial charge in [-0.25, -0.2) is 0 Å². The van der Waals surface area contributed by atoms with Gasteiger partial charge < -0.3 is 10.2 Å².